The van der Waals surface area contributed by atoms with E-state index in [1.165, 1.54) is 16.4 Å². The van der Waals surface area contributed by atoms with Crippen LogP contribution in [0.25, 0.3) is 10.8 Å². The SMILES string of the molecule is CCN(C(=O)c1ccc(S(=O)(=O)N2CC(C)OC(C)C2)cc1)c1ccc2ccccc2c1. The fraction of sp³-hybridized carbons (Fsp3) is 0.320. The van der Waals surface area contributed by atoms with E-state index in [9.17, 15) is 13.2 Å². The van der Waals surface area contributed by atoms with Crippen molar-refractivity contribution >= 4 is 32.4 Å². The van der Waals surface area contributed by atoms with E-state index in [1.54, 1.807) is 17.0 Å². The molecule has 1 heterocycles. The second-order valence-electron chi connectivity index (χ2n) is 8.18. The topological polar surface area (TPSA) is 66.9 Å². The van der Waals surface area contributed by atoms with Crippen LogP contribution in [0.2, 0.25) is 0 Å². The third-order valence-electron chi connectivity index (χ3n) is 5.73. The largest absolute Gasteiger partial charge is 0.373 e. The molecule has 0 spiro atoms. The molecule has 6 nitrogen and oxygen atoms in total. The van der Waals surface area contributed by atoms with Crippen molar-refractivity contribution in [2.24, 2.45) is 0 Å². The Kier molecular flexibility index (Phi) is 6.33. The second kappa shape index (κ2) is 9.02. The van der Waals surface area contributed by atoms with Crippen LogP contribution in [0.1, 0.15) is 31.1 Å². The molecule has 1 aliphatic heterocycles. The summed E-state index contributed by atoms with van der Waals surface area (Å²) in [6.07, 6.45) is -0.316. The summed E-state index contributed by atoms with van der Waals surface area (Å²) in [4.78, 5) is 15.1. The average molecular weight is 453 g/mol. The number of sulfonamides is 1. The molecule has 0 aromatic heterocycles. The normalized spacial score (nSPS) is 19.7. The Hall–Kier alpha value is -2.74. The zero-order chi connectivity index (χ0) is 22.9. The van der Waals surface area contributed by atoms with Gasteiger partial charge in [-0.1, -0.05) is 30.3 Å². The summed E-state index contributed by atoms with van der Waals surface area (Å²) in [6, 6.07) is 20.1. The van der Waals surface area contributed by atoms with Crippen molar-refractivity contribution in [2.45, 2.75) is 37.9 Å². The molecule has 1 saturated heterocycles. The van der Waals surface area contributed by atoms with Crippen molar-refractivity contribution in [3.05, 3.63) is 72.3 Å². The molecule has 0 aliphatic carbocycles. The number of rotatable bonds is 5. The summed E-state index contributed by atoms with van der Waals surface area (Å²) in [6.45, 7) is 6.80. The molecule has 1 amide bonds. The first-order valence-electron chi connectivity index (χ1n) is 10.9. The van der Waals surface area contributed by atoms with Gasteiger partial charge in [-0.25, -0.2) is 8.42 Å². The fourth-order valence-electron chi connectivity index (χ4n) is 4.19. The summed E-state index contributed by atoms with van der Waals surface area (Å²) in [5.74, 6) is -0.166. The van der Waals surface area contributed by atoms with Crippen LogP contribution in [0.4, 0.5) is 5.69 Å². The Balaban J connectivity index is 1.57. The predicted octanol–water partition coefficient (Wildman–Crippen LogP) is 4.30. The monoisotopic (exact) mass is 452 g/mol. The van der Waals surface area contributed by atoms with E-state index in [2.05, 4.69) is 0 Å². The highest BCUT2D eigenvalue weighted by Gasteiger charge is 2.32. The minimum atomic E-state index is -3.64. The van der Waals surface area contributed by atoms with Gasteiger partial charge in [0.15, 0.2) is 0 Å². The number of hydrogen-bond acceptors (Lipinski definition) is 4. The van der Waals surface area contributed by atoms with Gasteiger partial charge >= 0.3 is 0 Å². The second-order valence-corrected chi connectivity index (χ2v) is 10.1. The number of fused-ring (bicyclic) bond motifs is 1. The molecule has 0 radical (unpaired) electrons. The maximum atomic E-state index is 13.2. The van der Waals surface area contributed by atoms with Crippen molar-refractivity contribution in [2.75, 3.05) is 24.5 Å². The van der Waals surface area contributed by atoms with Crippen molar-refractivity contribution in [3.63, 3.8) is 0 Å². The van der Waals surface area contributed by atoms with Gasteiger partial charge in [0.25, 0.3) is 5.91 Å². The van der Waals surface area contributed by atoms with Gasteiger partial charge < -0.3 is 9.64 Å². The van der Waals surface area contributed by atoms with E-state index in [4.69, 9.17) is 4.74 Å². The summed E-state index contributed by atoms with van der Waals surface area (Å²) < 4.78 is 33.2. The minimum absolute atomic E-state index is 0.158. The van der Waals surface area contributed by atoms with E-state index < -0.39 is 10.0 Å². The molecule has 168 valence electrons. The summed E-state index contributed by atoms with van der Waals surface area (Å²) in [5.41, 5.74) is 1.26. The number of benzene rings is 3. The molecular weight excluding hydrogens is 424 g/mol. The number of ether oxygens (including phenoxy) is 1. The van der Waals surface area contributed by atoms with Crippen molar-refractivity contribution in [3.8, 4) is 0 Å². The first-order valence-corrected chi connectivity index (χ1v) is 12.3. The molecule has 2 unspecified atom stereocenters. The molecule has 32 heavy (non-hydrogen) atoms. The standard InChI is InChI=1S/C25H28N2O4S/c1-4-27(23-12-9-20-7-5-6-8-22(20)15-23)25(28)21-10-13-24(14-11-21)32(29,30)26-16-18(2)31-19(3)17-26/h5-15,18-19H,4,16-17H2,1-3H3. The first kappa shape index (κ1) is 22.5. The fourth-order valence-corrected chi connectivity index (χ4v) is 5.78. The molecule has 0 N–H and O–H groups in total. The van der Waals surface area contributed by atoms with E-state index >= 15 is 0 Å². The van der Waals surface area contributed by atoms with Crippen LogP contribution in [0.3, 0.4) is 0 Å². The molecule has 2 atom stereocenters. The van der Waals surface area contributed by atoms with E-state index in [0.29, 0.717) is 25.2 Å². The van der Waals surface area contributed by atoms with E-state index in [-0.39, 0.29) is 23.0 Å². The molecule has 3 aromatic carbocycles. The maximum absolute atomic E-state index is 13.2. The van der Waals surface area contributed by atoms with Gasteiger partial charge in [-0.15, -0.1) is 0 Å². The van der Waals surface area contributed by atoms with Crippen LogP contribution in [-0.4, -0.2) is 50.5 Å². The Morgan fingerprint density at radius 2 is 1.59 bits per heavy atom. The third kappa shape index (κ3) is 4.41. The number of carbonyl (C=O) groups is 1. The number of nitrogens with zero attached hydrogens (tertiary/aromatic N) is 2. The van der Waals surface area contributed by atoms with Crippen molar-refractivity contribution < 1.29 is 17.9 Å². The minimum Gasteiger partial charge on any atom is -0.373 e. The lowest BCUT2D eigenvalue weighted by atomic mass is 10.1. The highest BCUT2D eigenvalue weighted by Crippen LogP contribution is 2.25. The lowest BCUT2D eigenvalue weighted by Crippen LogP contribution is -2.48. The molecular formula is C25H28N2O4S. The summed E-state index contributed by atoms with van der Waals surface area (Å²) in [5, 5.41) is 2.17. The highest BCUT2D eigenvalue weighted by molar-refractivity contribution is 7.89. The van der Waals surface area contributed by atoms with Gasteiger partial charge in [-0.2, -0.15) is 4.31 Å². The third-order valence-corrected chi connectivity index (χ3v) is 7.58. The first-order chi connectivity index (χ1) is 15.3. The van der Waals surface area contributed by atoms with Gasteiger partial charge in [-0.05, 0) is 67.9 Å². The van der Waals surface area contributed by atoms with Crippen molar-refractivity contribution in [1.82, 2.24) is 4.31 Å². The van der Waals surface area contributed by atoms with Gasteiger partial charge in [-0.3, -0.25) is 4.79 Å². The zero-order valence-corrected chi connectivity index (χ0v) is 19.4. The van der Waals surface area contributed by atoms with E-state index in [1.807, 2.05) is 63.2 Å². The summed E-state index contributed by atoms with van der Waals surface area (Å²) in [7, 11) is -3.64. The molecule has 1 fully saturated rings. The highest BCUT2D eigenvalue weighted by atomic mass is 32.2. The average Bonchev–Trinajstić information content (AvgIpc) is 2.79. The Labute approximate surface area is 189 Å². The number of hydrogen-bond donors (Lipinski definition) is 0. The lowest BCUT2D eigenvalue weighted by molar-refractivity contribution is -0.0440. The summed E-state index contributed by atoms with van der Waals surface area (Å²) >= 11 is 0. The number of amides is 1. The van der Waals surface area contributed by atoms with Crippen LogP contribution in [0.5, 0.6) is 0 Å². The lowest BCUT2D eigenvalue weighted by Gasteiger charge is -2.34. The van der Waals surface area contributed by atoms with Gasteiger partial charge in [0.1, 0.15) is 0 Å². The van der Waals surface area contributed by atoms with Crippen LogP contribution in [0.15, 0.2) is 71.6 Å². The van der Waals surface area contributed by atoms with Crippen LogP contribution >= 0.6 is 0 Å². The van der Waals surface area contributed by atoms with Crippen molar-refractivity contribution in [1.29, 1.82) is 0 Å². The van der Waals surface area contributed by atoms with Gasteiger partial charge in [0.2, 0.25) is 10.0 Å². The predicted molar refractivity (Wildman–Crippen MR) is 127 cm³/mol. The maximum Gasteiger partial charge on any atom is 0.258 e. The molecule has 7 heteroatoms. The molecule has 0 saturated carbocycles. The van der Waals surface area contributed by atoms with Crippen LogP contribution in [-0.2, 0) is 14.8 Å². The van der Waals surface area contributed by atoms with Gasteiger partial charge in [0.05, 0.1) is 17.1 Å². The number of morpholine rings is 1. The molecule has 1 aliphatic rings. The van der Waals surface area contributed by atoms with Crippen LogP contribution in [0, 0.1) is 0 Å². The van der Waals surface area contributed by atoms with Crippen LogP contribution < -0.4 is 4.90 Å². The zero-order valence-electron chi connectivity index (χ0n) is 18.6. The number of carbonyl (C=O) groups excluding carboxylic acids is 1. The van der Waals surface area contributed by atoms with Gasteiger partial charge in [0, 0.05) is 30.9 Å². The number of anilines is 1. The Bertz CT molecular complexity index is 1210. The smallest absolute Gasteiger partial charge is 0.258 e. The Morgan fingerprint density at radius 3 is 2.22 bits per heavy atom. The molecule has 0 bridgehead atoms. The quantitative estimate of drug-likeness (QED) is 0.579. The molecule has 4 rings (SSSR count). The van der Waals surface area contributed by atoms with E-state index in [0.717, 1.165) is 16.5 Å². The molecule has 3 aromatic rings. The Morgan fingerprint density at radius 1 is 0.969 bits per heavy atom.